The average Bonchev–Trinajstić information content (AvgIpc) is 2.99. The topological polar surface area (TPSA) is 91.6 Å². The van der Waals surface area contributed by atoms with Crippen molar-refractivity contribution < 1.29 is 19.5 Å². The van der Waals surface area contributed by atoms with Crippen molar-refractivity contribution in [1.82, 2.24) is 14.8 Å². The van der Waals surface area contributed by atoms with Gasteiger partial charge in [-0.15, -0.1) is 0 Å². The predicted molar refractivity (Wildman–Crippen MR) is 96.1 cm³/mol. The number of nitrogens with one attached hydrogen (secondary N) is 1. The summed E-state index contributed by atoms with van der Waals surface area (Å²) in [6, 6.07) is 8.50. The third-order valence-electron chi connectivity index (χ3n) is 4.11. The van der Waals surface area contributed by atoms with E-state index in [4.69, 9.17) is 16.7 Å². The van der Waals surface area contributed by atoms with Crippen molar-refractivity contribution in [3.05, 3.63) is 58.0 Å². The number of carbonyl (C=O) groups excluding carboxylic acids is 2. The van der Waals surface area contributed by atoms with E-state index in [1.807, 2.05) is 36.6 Å². The van der Waals surface area contributed by atoms with Gasteiger partial charge in [0.1, 0.15) is 12.2 Å². The van der Waals surface area contributed by atoms with Crippen molar-refractivity contribution in [2.75, 3.05) is 6.54 Å². The van der Waals surface area contributed by atoms with Crippen LogP contribution < -0.4 is 5.32 Å². The van der Waals surface area contributed by atoms with Crippen molar-refractivity contribution >= 4 is 35.6 Å². The van der Waals surface area contributed by atoms with Crippen LogP contribution in [0.1, 0.15) is 17.0 Å². The van der Waals surface area contributed by atoms with Gasteiger partial charge in [-0.25, -0.2) is 9.69 Å². The lowest BCUT2D eigenvalue weighted by atomic mass is 10.2. The van der Waals surface area contributed by atoms with Gasteiger partial charge in [0.2, 0.25) is 0 Å². The summed E-state index contributed by atoms with van der Waals surface area (Å²) < 4.78 is 2.00. The zero-order valence-electron chi connectivity index (χ0n) is 14.1. The zero-order chi connectivity index (χ0) is 19.0. The maximum absolute atomic E-state index is 12.3. The van der Waals surface area contributed by atoms with Gasteiger partial charge < -0.3 is 15.0 Å². The number of aryl methyl sites for hydroxylation is 1. The molecule has 3 amide bonds. The zero-order valence-corrected chi connectivity index (χ0v) is 14.9. The van der Waals surface area contributed by atoms with Crippen molar-refractivity contribution in [2.45, 2.75) is 13.8 Å². The van der Waals surface area contributed by atoms with Crippen molar-refractivity contribution in [1.29, 1.82) is 0 Å². The maximum atomic E-state index is 12.3. The number of benzene rings is 1. The van der Waals surface area contributed by atoms with Gasteiger partial charge in [-0.3, -0.25) is 9.59 Å². The number of rotatable bonds is 4. The van der Waals surface area contributed by atoms with Gasteiger partial charge in [-0.2, -0.15) is 0 Å². The number of urea groups is 1. The molecule has 1 aliphatic heterocycles. The Morgan fingerprint density at radius 3 is 2.50 bits per heavy atom. The molecule has 2 heterocycles. The van der Waals surface area contributed by atoms with E-state index in [-0.39, 0.29) is 5.70 Å². The highest BCUT2D eigenvalue weighted by Gasteiger charge is 2.35. The maximum Gasteiger partial charge on any atom is 0.329 e. The summed E-state index contributed by atoms with van der Waals surface area (Å²) in [6.07, 6.45) is 1.55. The van der Waals surface area contributed by atoms with E-state index in [1.165, 1.54) is 0 Å². The Morgan fingerprint density at radius 2 is 1.88 bits per heavy atom. The Balaban J connectivity index is 1.96. The lowest BCUT2D eigenvalue weighted by Crippen LogP contribution is -2.35. The van der Waals surface area contributed by atoms with E-state index in [0.717, 1.165) is 22.6 Å². The Bertz CT molecular complexity index is 944. The highest BCUT2D eigenvalue weighted by Crippen LogP contribution is 2.24. The van der Waals surface area contributed by atoms with Gasteiger partial charge in [0.05, 0.1) is 0 Å². The standard InChI is InChI=1S/C18H16ClN3O4/c1-10-7-12(11(2)22(10)14-5-3-13(19)4-6-14)8-15-17(25)21(9-16(23)24)18(26)20-15/h3-8H,9H2,1-2H3,(H,20,26)(H,23,24)/b15-8-. The van der Waals surface area contributed by atoms with Gasteiger partial charge in [-0.1, -0.05) is 11.6 Å². The van der Waals surface area contributed by atoms with Crippen LogP contribution in [0.2, 0.25) is 5.02 Å². The van der Waals surface area contributed by atoms with Crippen LogP contribution in [0.25, 0.3) is 11.8 Å². The highest BCUT2D eigenvalue weighted by atomic mass is 35.5. The first kappa shape index (κ1) is 17.8. The fourth-order valence-corrected chi connectivity index (χ4v) is 3.05. The lowest BCUT2D eigenvalue weighted by Gasteiger charge is -2.09. The number of aliphatic carboxylic acids is 1. The summed E-state index contributed by atoms with van der Waals surface area (Å²) in [4.78, 5) is 35.5. The first-order valence-electron chi connectivity index (χ1n) is 7.79. The number of nitrogens with zero attached hydrogens (tertiary/aromatic N) is 2. The largest absolute Gasteiger partial charge is 0.480 e. The molecule has 0 saturated carbocycles. The Morgan fingerprint density at radius 1 is 1.23 bits per heavy atom. The third kappa shape index (κ3) is 3.21. The number of carboxylic acids is 1. The Hall–Kier alpha value is -3.06. The number of carboxylic acid groups (broad SMARTS) is 1. The number of aromatic nitrogens is 1. The first-order chi connectivity index (χ1) is 12.3. The summed E-state index contributed by atoms with van der Waals surface area (Å²) in [5.41, 5.74) is 3.53. The summed E-state index contributed by atoms with van der Waals surface area (Å²) in [7, 11) is 0. The number of halogens is 1. The SMILES string of the molecule is Cc1cc(/C=C2\NC(=O)N(CC(=O)O)C2=O)c(C)n1-c1ccc(Cl)cc1. The van der Waals surface area contributed by atoms with Crippen molar-refractivity contribution in [2.24, 2.45) is 0 Å². The molecule has 0 radical (unpaired) electrons. The molecule has 1 aromatic heterocycles. The van der Waals surface area contributed by atoms with Gasteiger partial charge in [-0.05, 0) is 55.8 Å². The molecule has 8 heteroatoms. The molecule has 26 heavy (non-hydrogen) atoms. The molecule has 134 valence electrons. The van der Waals surface area contributed by atoms with Crippen LogP contribution in [-0.4, -0.2) is 39.0 Å². The quantitative estimate of drug-likeness (QED) is 0.636. The first-order valence-corrected chi connectivity index (χ1v) is 8.17. The predicted octanol–water partition coefficient (Wildman–Crippen LogP) is 2.72. The molecule has 3 rings (SSSR count). The molecule has 0 spiro atoms. The molecule has 0 unspecified atom stereocenters. The molecule has 1 saturated heterocycles. The molecule has 0 aliphatic carbocycles. The van der Waals surface area contributed by atoms with Gasteiger partial charge in [0.15, 0.2) is 0 Å². The molecule has 1 aliphatic rings. The van der Waals surface area contributed by atoms with Crippen LogP contribution in [-0.2, 0) is 9.59 Å². The Labute approximate surface area is 154 Å². The van der Waals surface area contributed by atoms with Crippen LogP contribution in [0.3, 0.4) is 0 Å². The van der Waals surface area contributed by atoms with Crippen LogP contribution in [0, 0.1) is 13.8 Å². The van der Waals surface area contributed by atoms with Gasteiger partial charge >= 0.3 is 12.0 Å². The molecule has 0 bridgehead atoms. The fraction of sp³-hybridized carbons (Fsp3) is 0.167. The van der Waals surface area contributed by atoms with Gasteiger partial charge in [0.25, 0.3) is 5.91 Å². The molecular weight excluding hydrogens is 358 g/mol. The molecule has 2 N–H and O–H groups in total. The minimum Gasteiger partial charge on any atom is -0.480 e. The van der Waals surface area contributed by atoms with E-state index in [9.17, 15) is 14.4 Å². The van der Waals surface area contributed by atoms with Crippen LogP contribution in [0.5, 0.6) is 0 Å². The van der Waals surface area contributed by atoms with Crippen LogP contribution in [0.15, 0.2) is 36.0 Å². The summed E-state index contributed by atoms with van der Waals surface area (Å²) >= 11 is 5.93. The third-order valence-corrected chi connectivity index (χ3v) is 4.36. The van der Waals surface area contributed by atoms with E-state index < -0.39 is 24.5 Å². The minimum atomic E-state index is -1.25. The number of hydrogen-bond donors (Lipinski definition) is 2. The second-order valence-electron chi connectivity index (χ2n) is 5.91. The second-order valence-corrected chi connectivity index (χ2v) is 6.35. The number of amides is 3. The average molecular weight is 374 g/mol. The van der Waals surface area contributed by atoms with Gasteiger partial charge in [0, 0.05) is 22.1 Å². The minimum absolute atomic E-state index is 0.0487. The van der Waals surface area contributed by atoms with Crippen molar-refractivity contribution in [3.8, 4) is 5.69 Å². The molecule has 1 fully saturated rings. The summed E-state index contributed by atoms with van der Waals surface area (Å²) in [6.45, 7) is 3.14. The number of carbonyl (C=O) groups is 3. The smallest absolute Gasteiger partial charge is 0.329 e. The van der Waals surface area contributed by atoms with Crippen LogP contribution >= 0.6 is 11.6 Å². The number of imide groups is 1. The second kappa shape index (κ2) is 6.68. The molecular formula is C18H16ClN3O4. The summed E-state index contributed by atoms with van der Waals surface area (Å²) in [5, 5.41) is 11.9. The fourth-order valence-electron chi connectivity index (χ4n) is 2.93. The van der Waals surface area contributed by atoms with E-state index >= 15 is 0 Å². The monoisotopic (exact) mass is 373 g/mol. The molecule has 0 atom stereocenters. The van der Waals surface area contributed by atoms with E-state index in [0.29, 0.717) is 9.92 Å². The van der Waals surface area contributed by atoms with E-state index in [2.05, 4.69) is 5.32 Å². The molecule has 1 aromatic carbocycles. The normalized spacial score (nSPS) is 15.7. The van der Waals surface area contributed by atoms with Crippen molar-refractivity contribution in [3.63, 3.8) is 0 Å². The number of hydrogen-bond acceptors (Lipinski definition) is 3. The summed E-state index contributed by atoms with van der Waals surface area (Å²) in [5.74, 6) is -1.91. The van der Waals surface area contributed by atoms with E-state index in [1.54, 1.807) is 18.2 Å². The highest BCUT2D eigenvalue weighted by molar-refractivity contribution is 6.30. The lowest BCUT2D eigenvalue weighted by molar-refractivity contribution is -0.140. The molecule has 2 aromatic rings. The molecule has 7 nitrogen and oxygen atoms in total. The van der Waals surface area contributed by atoms with Crippen LogP contribution in [0.4, 0.5) is 4.79 Å². The Kier molecular flexibility index (Phi) is 4.56.